The molecule has 2 heterocycles. The first-order chi connectivity index (χ1) is 14.6. The Labute approximate surface area is 183 Å². The molecule has 1 N–H and O–H groups in total. The number of hydrogen-bond donors (Lipinski definition) is 1. The van der Waals surface area contributed by atoms with Crippen LogP contribution in [0, 0.1) is 17.2 Å². The molecule has 1 amide bonds. The number of nitrogens with zero attached hydrogens (tertiary/aromatic N) is 3. The fourth-order valence-electron chi connectivity index (χ4n) is 4.03. The Morgan fingerprint density at radius 3 is 2.71 bits per heavy atom. The first kappa shape index (κ1) is 22.4. The number of nitriles is 1. The van der Waals surface area contributed by atoms with Crippen molar-refractivity contribution in [1.82, 2.24) is 9.88 Å². The van der Waals surface area contributed by atoms with Gasteiger partial charge in [0.25, 0.3) is 0 Å². The molecule has 1 aromatic carbocycles. The molecule has 164 valence electrons. The van der Waals surface area contributed by atoms with Crippen LogP contribution in [0.5, 0.6) is 11.5 Å². The Morgan fingerprint density at radius 1 is 1.35 bits per heavy atom. The maximum absolute atomic E-state index is 12.0. The van der Waals surface area contributed by atoms with E-state index in [9.17, 15) is 15.2 Å². The van der Waals surface area contributed by atoms with Crippen LogP contribution in [-0.4, -0.2) is 39.3 Å². The number of fused-ring (bicyclic) bond motifs is 3. The molecule has 1 atom stereocenters. The molecule has 0 saturated heterocycles. The van der Waals surface area contributed by atoms with Crippen LogP contribution in [0.25, 0.3) is 11.1 Å². The van der Waals surface area contributed by atoms with E-state index in [1.54, 1.807) is 24.5 Å². The molecule has 0 saturated carbocycles. The van der Waals surface area contributed by atoms with Crippen molar-refractivity contribution in [2.45, 2.75) is 59.2 Å². The van der Waals surface area contributed by atoms with Crippen LogP contribution in [0.1, 0.15) is 52.2 Å². The lowest BCUT2D eigenvalue weighted by atomic mass is 9.96. The van der Waals surface area contributed by atoms with Crippen molar-refractivity contribution in [2.75, 3.05) is 6.61 Å². The average Bonchev–Trinajstić information content (AvgIpc) is 2.69. The summed E-state index contributed by atoms with van der Waals surface area (Å²) in [6, 6.07) is 7.24. The van der Waals surface area contributed by atoms with E-state index >= 15 is 0 Å². The molecular weight excluding hydrogens is 394 g/mol. The van der Waals surface area contributed by atoms with Gasteiger partial charge >= 0.3 is 6.09 Å². The van der Waals surface area contributed by atoms with Gasteiger partial charge in [-0.05, 0) is 50.8 Å². The Hall–Kier alpha value is -3.27. The predicted molar refractivity (Wildman–Crippen MR) is 117 cm³/mol. The van der Waals surface area contributed by atoms with Gasteiger partial charge in [-0.3, -0.25) is 9.88 Å². The van der Waals surface area contributed by atoms with Crippen LogP contribution in [0.3, 0.4) is 0 Å². The smallest absolute Gasteiger partial charge is 0.408 e. The van der Waals surface area contributed by atoms with Gasteiger partial charge in [0.2, 0.25) is 0 Å². The van der Waals surface area contributed by atoms with Gasteiger partial charge in [-0.1, -0.05) is 13.8 Å². The summed E-state index contributed by atoms with van der Waals surface area (Å²) >= 11 is 0. The van der Waals surface area contributed by atoms with E-state index in [0.29, 0.717) is 30.1 Å². The van der Waals surface area contributed by atoms with Crippen molar-refractivity contribution in [3.63, 3.8) is 0 Å². The molecule has 0 fully saturated rings. The lowest BCUT2D eigenvalue weighted by molar-refractivity contribution is 0.0433. The van der Waals surface area contributed by atoms with Crippen molar-refractivity contribution in [3.8, 4) is 28.7 Å². The zero-order valence-corrected chi connectivity index (χ0v) is 18.7. The van der Waals surface area contributed by atoms with E-state index in [0.717, 1.165) is 16.7 Å². The van der Waals surface area contributed by atoms with Crippen LogP contribution in [0.4, 0.5) is 4.79 Å². The summed E-state index contributed by atoms with van der Waals surface area (Å²) < 4.78 is 11.9. The van der Waals surface area contributed by atoms with Crippen LogP contribution in [0.15, 0.2) is 30.6 Å². The third-order valence-corrected chi connectivity index (χ3v) is 5.25. The Kier molecular flexibility index (Phi) is 6.40. The van der Waals surface area contributed by atoms with Crippen LogP contribution < -0.4 is 9.47 Å². The summed E-state index contributed by atoms with van der Waals surface area (Å²) in [6.07, 6.45) is 3.14. The molecule has 0 spiro atoms. The molecule has 0 bridgehead atoms. The molecule has 7 heteroatoms. The zero-order chi connectivity index (χ0) is 22.8. The van der Waals surface area contributed by atoms with E-state index in [1.807, 2.05) is 26.8 Å². The molecule has 0 radical (unpaired) electrons. The van der Waals surface area contributed by atoms with Gasteiger partial charge in [0.15, 0.2) is 0 Å². The van der Waals surface area contributed by atoms with Gasteiger partial charge in [-0.15, -0.1) is 0 Å². The molecule has 1 aromatic heterocycles. The zero-order valence-electron chi connectivity index (χ0n) is 18.7. The summed E-state index contributed by atoms with van der Waals surface area (Å²) in [5.41, 5.74) is 2.58. The molecular formula is C24H29N3O4. The summed E-state index contributed by atoms with van der Waals surface area (Å²) in [7, 11) is 0. The number of carboxylic acid groups (broad SMARTS) is 1. The van der Waals surface area contributed by atoms with Crippen LogP contribution >= 0.6 is 0 Å². The van der Waals surface area contributed by atoms with E-state index in [4.69, 9.17) is 9.47 Å². The second-order valence-electron chi connectivity index (χ2n) is 9.20. The molecule has 3 rings (SSSR count). The summed E-state index contributed by atoms with van der Waals surface area (Å²) in [6.45, 7) is 10.3. The number of aromatic nitrogens is 1. The van der Waals surface area contributed by atoms with Crippen molar-refractivity contribution in [2.24, 2.45) is 5.92 Å². The van der Waals surface area contributed by atoms with Crippen molar-refractivity contribution in [1.29, 1.82) is 5.26 Å². The molecule has 1 aliphatic rings. The third kappa shape index (κ3) is 4.91. The van der Waals surface area contributed by atoms with E-state index < -0.39 is 11.6 Å². The van der Waals surface area contributed by atoms with Gasteiger partial charge in [-0.25, -0.2) is 4.79 Å². The first-order valence-corrected chi connectivity index (χ1v) is 10.4. The topological polar surface area (TPSA) is 95.7 Å². The van der Waals surface area contributed by atoms with Gasteiger partial charge in [-0.2, -0.15) is 5.26 Å². The highest BCUT2D eigenvalue weighted by Crippen LogP contribution is 2.41. The third-order valence-electron chi connectivity index (χ3n) is 5.25. The fraction of sp³-hybridized carbons (Fsp3) is 0.458. The molecule has 31 heavy (non-hydrogen) atoms. The number of carbonyl (C=O) groups is 1. The number of hydrogen-bond acceptors (Lipinski definition) is 5. The maximum Gasteiger partial charge on any atom is 0.408 e. The van der Waals surface area contributed by atoms with Crippen molar-refractivity contribution >= 4 is 6.09 Å². The van der Waals surface area contributed by atoms with E-state index in [2.05, 4.69) is 24.9 Å². The highest BCUT2D eigenvalue weighted by atomic mass is 16.5. The summed E-state index contributed by atoms with van der Waals surface area (Å²) in [5, 5.41) is 19.6. The minimum absolute atomic E-state index is 0.149. The van der Waals surface area contributed by atoms with Crippen molar-refractivity contribution < 1.29 is 19.4 Å². The average molecular weight is 424 g/mol. The van der Waals surface area contributed by atoms with Gasteiger partial charge in [0.05, 0.1) is 11.6 Å². The quantitative estimate of drug-likeness (QED) is 0.696. The predicted octanol–water partition coefficient (Wildman–Crippen LogP) is 5.08. The summed E-state index contributed by atoms with van der Waals surface area (Å²) in [5.74, 6) is 1.32. The van der Waals surface area contributed by atoms with Crippen LogP contribution in [0.2, 0.25) is 0 Å². The summed E-state index contributed by atoms with van der Waals surface area (Å²) in [4.78, 5) is 17.6. The number of pyridine rings is 1. The van der Waals surface area contributed by atoms with Gasteiger partial charge in [0.1, 0.15) is 30.8 Å². The maximum atomic E-state index is 12.0. The highest BCUT2D eigenvalue weighted by molar-refractivity contribution is 5.77. The standard InChI is InChI=1S/C24H29N3O4/c1-15(2)8-18(27(23(28)29)24(3,4)5)14-31-21-10-22-20(9-16(21)11-25)19-6-7-26-12-17(19)13-30-22/h6-7,9-10,12,15,18H,8,13-14H2,1-5H3,(H,28,29)/t18-/m0/s1. The van der Waals surface area contributed by atoms with Gasteiger partial charge < -0.3 is 14.6 Å². The number of amides is 1. The van der Waals surface area contributed by atoms with Crippen molar-refractivity contribution in [3.05, 3.63) is 41.7 Å². The number of ether oxygens (including phenoxy) is 2. The Balaban J connectivity index is 1.91. The lowest BCUT2D eigenvalue weighted by Gasteiger charge is -2.40. The Bertz CT molecular complexity index is 1000. The van der Waals surface area contributed by atoms with E-state index in [1.165, 1.54) is 4.90 Å². The second kappa shape index (κ2) is 8.84. The minimum atomic E-state index is -0.985. The van der Waals surface area contributed by atoms with Crippen LogP contribution in [-0.2, 0) is 6.61 Å². The lowest BCUT2D eigenvalue weighted by Crippen LogP contribution is -2.53. The highest BCUT2D eigenvalue weighted by Gasteiger charge is 2.34. The molecule has 7 nitrogen and oxygen atoms in total. The largest absolute Gasteiger partial charge is 0.490 e. The molecule has 0 aliphatic carbocycles. The SMILES string of the molecule is CC(C)C[C@@H](COc1cc2c(cc1C#N)-c1ccncc1CO2)N(C(=O)O)C(C)(C)C. The first-order valence-electron chi connectivity index (χ1n) is 10.4. The van der Waals surface area contributed by atoms with E-state index in [-0.39, 0.29) is 18.6 Å². The number of rotatable bonds is 6. The molecule has 1 aliphatic heterocycles. The minimum Gasteiger partial charge on any atom is -0.490 e. The molecule has 2 aromatic rings. The Morgan fingerprint density at radius 2 is 2.10 bits per heavy atom. The second-order valence-corrected chi connectivity index (χ2v) is 9.20. The fourth-order valence-corrected chi connectivity index (χ4v) is 4.03. The molecule has 0 unspecified atom stereocenters. The monoisotopic (exact) mass is 423 g/mol. The van der Waals surface area contributed by atoms with Gasteiger partial charge in [0, 0.05) is 35.1 Å². The number of benzene rings is 1. The normalized spacial score (nSPS) is 13.5.